The van der Waals surface area contributed by atoms with Crippen molar-refractivity contribution in [3.63, 3.8) is 0 Å². The fraction of sp³-hybridized carbons (Fsp3) is 0.259. The highest BCUT2D eigenvalue weighted by Crippen LogP contribution is 2.45. The Hall–Kier alpha value is -3.00. The van der Waals surface area contributed by atoms with Gasteiger partial charge in [0.25, 0.3) is 0 Å². The van der Waals surface area contributed by atoms with Gasteiger partial charge in [0.1, 0.15) is 0 Å². The minimum atomic E-state index is 0.505. The first-order chi connectivity index (χ1) is 16.6. The monoisotopic (exact) mass is 576 g/mol. The standard InChI is InChI=1S/C27H22Br2N4O/c1-34-27-25-21(19-14-17(28)6-8-23(19)32(25)12-4-2-10-30)16-22-20-15-18(29)7-9-24(20)33(26(22)27)13-5-3-11-31/h6-9,14-16H,2-5,12-13H2,1H3. The molecule has 0 saturated carbocycles. The Morgan fingerprint density at radius 1 is 0.735 bits per heavy atom. The first-order valence-corrected chi connectivity index (χ1v) is 12.8. The number of unbranched alkanes of at least 4 members (excludes halogenated alkanes) is 2. The van der Waals surface area contributed by atoms with Crippen molar-refractivity contribution in [3.8, 4) is 17.9 Å². The molecule has 0 saturated heterocycles. The number of ether oxygens (including phenoxy) is 1. The number of aryl methyl sites for hydroxylation is 2. The lowest BCUT2D eigenvalue weighted by Crippen LogP contribution is -2.02. The molecule has 5 rings (SSSR count). The van der Waals surface area contributed by atoms with Gasteiger partial charge in [-0.15, -0.1) is 0 Å². The molecule has 3 aromatic carbocycles. The summed E-state index contributed by atoms with van der Waals surface area (Å²) >= 11 is 7.29. The summed E-state index contributed by atoms with van der Waals surface area (Å²) in [5.74, 6) is 0.834. The van der Waals surface area contributed by atoms with Crippen molar-refractivity contribution in [2.45, 2.75) is 38.8 Å². The lowest BCUT2D eigenvalue weighted by molar-refractivity contribution is 0.419. The van der Waals surface area contributed by atoms with Crippen molar-refractivity contribution < 1.29 is 4.74 Å². The van der Waals surface area contributed by atoms with Crippen LogP contribution in [0.25, 0.3) is 43.6 Å². The summed E-state index contributed by atoms with van der Waals surface area (Å²) in [4.78, 5) is 0. The van der Waals surface area contributed by atoms with Gasteiger partial charge in [-0.3, -0.25) is 0 Å². The van der Waals surface area contributed by atoms with E-state index in [2.05, 4.69) is 95.6 Å². The summed E-state index contributed by atoms with van der Waals surface area (Å²) in [7, 11) is 1.73. The first-order valence-electron chi connectivity index (χ1n) is 11.2. The van der Waals surface area contributed by atoms with E-state index < -0.39 is 0 Å². The number of rotatable bonds is 7. The second kappa shape index (κ2) is 9.33. The molecule has 2 heterocycles. The van der Waals surface area contributed by atoms with Gasteiger partial charge >= 0.3 is 0 Å². The molecule has 0 fully saturated rings. The van der Waals surface area contributed by atoms with Crippen LogP contribution in [0.1, 0.15) is 25.7 Å². The van der Waals surface area contributed by atoms with Gasteiger partial charge in [0, 0.05) is 67.5 Å². The molecule has 0 unspecified atom stereocenters. The molecule has 0 bridgehead atoms. The number of halogens is 2. The summed E-state index contributed by atoms with van der Waals surface area (Å²) in [5.41, 5.74) is 4.35. The topological polar surface area (TPSA) is 66.7 Å². The van der Waals surface area contributed by atoms with Crippen molar-refractivity contribution in [2.75, 3.05) is 7.11 Å². The molecule has 5 nitrogen and oxygen atoms in total. The molecule has 0 radical (unpaired) electrons. The summed E-state index contributed by atoms with van der Waals surface area (Å²) in [6.45, 7) is 1.47. The zero-order chi connectivity index (χ0) is 23.8. The van der Waals surface area contributed by atoms with E-state index in [0.717, 1.165) is 84.2 Å². The first kappa shape index (κ1) is 22.8. The molecule has 0 N–H and O–H groups in total. The number of hydrogen-bond acceptors (Lipinski definition) is 3. The SMILES string of the molecule is COc1c2c(cc3c4cc(Br)ccc4n(CCCC#N)c13)c1cc(Br)ccc1n2CCCC#N. The molecule has 2 aromatic heterocycles. The summed E-state index contributed by atoms with van der Waals surface area (Å²) < 4.78 is 12.8. The lowest BCUT2D eigenvalue weighted by atomic mass is 10.1. The van der Waals surface area contributed by atoms with Gasteiger partial charge in [-0.2, -0.15) is 10.5 Å². The average Bonchev–Trinajstić information content (AvgIpc) is 3.30. The maximum Gasteiger partial charge on any atom is 0.167 e. The number of aromatic nitrogens is 2. The van der Waals surface area contributed by atoms with Gasteiger partial charge in [0.05, 0.1) is 30.3 Å². The minimum absolute atomic E-state index is 0.505. The molecule has 0 aliphatic heterocycles. The van der Waals surface area contributed by atoms with Crippen LogP contribution in [0, 0.1) is 22.7 Å². The molecule has 0 aliphatic rings. The molecule has 5 aromatic rings. The summed E-state index contributed by atoms with van der Waals surface area (Å²) in [6, 6.07) is 19.5. The van der Waals surface area contributed by atoms with Gasteiger partial charge in [0.2, 0.25) is 0 Å². The third kappa shape index (κ3) is 3.64. The highest BCUT2D eigenvalue weighted by molar-refractivity contribution is 9.10. The lowest BCUT2D eigenvalue weighted by Gasteiger charge is -2.13. The highest BCUT2D eigenvalue weighted by Gasteiger charge is 2.23. The molecular weight excluding hydrogens is 556 g/mol. The van der Waals surface area contributed by atoms with Crippen LogP contribution in [0.15, 0.2) is 51.4 Å². The number of fused-ring (bicyclic) bond motifs is 6. The van der Waals surface area contributed by atoms with E-state index in [1.54, 1.807) is 7.11 Å². The highest BCUT2D eigenvalue weighted by atomic mass is 79.9. The molecule has 0 aliphatic carbocycles. The number of methoxy groups -OCH3 is 1. The van der Waals surface area contributed by atoms with E-state index in [1.807, 2.05) is 0 Å². The maximum absolute atomic E-state index is 9.12. The van der Waals surface area contributed by atoms with Gasteiger partial charge < -0.3 is 13.9 Å². The molecular formula is C27H22Br2N4O. The van der Waals surface area contributed by atoms with E-state index in [1.165, 1.54) is 0 Å². The maximum atomic E-state index is 9.12. The van der Waals surface area contributed by atoms with E-state index >= 15 is 0 Å². The number of hydrogen-bond donors (Lipinski definition) is 0. The van der Waals surface area contributed by atoms with Gasteiger partial charge in [-0.1, -0.05) is 31.9 Å². The Kier molecular flexibility index (Phi) is 6.25. The van der Waals surface area contributed by atoms with Crippen LogP contribution in [-0.2, 0) is 13.1 Å². The molecule has 0 amide bonds. The van der Waals surface area contributed by atoms with Gasteiger partial charge in [-0.05, 0) is 55.3 Å². The predicted octanol–water partition coefficient (Wildman–Crippen LogP) is 8.04. The fourth-order valence-corrected chi connectivity index (χ4v) is 5.76. The zero-order valence-electron chi connectivity index (χ0n) is 18.7. The quantitative estimate of drug-likeness (QED) is 0.184. The fourth-order valence-electron chi connectivity index (χ4n) is 5.03. The van der Waals surface area contributed by atoms with Crippen molar-refractivity contribution in [1.82, 2.24) is 9.13 Å². The van der Waals surface area contributed by atoms with E-state index in [-0.39, 0.29) is 0 Å². The summed E-state index contributed by atoms with van der Waals surface area (Å²) in [6.07, 6.45) is 2.55. The van der Waals surface area contributed by atoms with E-state index in [9.17, 15) is 0 Å². The van der Waals surface area contributed by atoms with Crippen LogP contribution < -0.4 is 4.74 Å². The minimum Gasteiger partial charge on any atom is -0.492 e. The van der Waals surface area contributed by atoms with Crippen molar-refractivity contribution >= 4 is 75.5 Å². The van der Waals surface area contributed by atoms with Crippen LogP contribution in [0.4, 0.5) is 0 Å². The molecule has 0 spiro atoms. The summed E-state index contributed by atoms with van der Waals surface area (Å²) in [5, 5.41) is 22.8. The Labute approximate surface area is 214 Å². The Morgan fingerprint density at radius 2 is 1.21 bits per heavy atom. The van der Waals surface area contributed by atoms with Crippen molar-refractivity contribution in [3.05, 3.63) is 51.4 Å². The molecule has 0 atom stereocenters. The van der Waals surface area contributed by atoms with E-state index in [0.29, 0.717) is 12.8 Å². The number of nitriles is 2. The van der Waals surface area contributed by atoms with Gasteiger partial charge in [-0.25, -0.2) is 0 Å². The van der Waals surface area contributed by atoms with Crippen molar-refractivity contribution in [2.24, 2.45) is 0 Å². The zero-order valence-corrected chi connectivity index (χ0v) is 21.9. The predicted molar refractivity (Wildman–Crippen MR) is 144 cm³/mol. The number of nitrogens with zero attached hydrogens (tertiary/aromatic N) is 4. The third-order valence-corrected chi connectivity index (χ3v) is 7.38. The third-order valence-electron chi connectivity index (χ3n) is 6.39. The van der Waals surface area contributed by atoms with Crippen LogP contribution in [0.5, 0.6) is 5.75 Å². The van der Waals surface area contributed by atoms with E-state index in [4.69, 9.17) is 15.3 Å². The Morgan fingerprint density at radius 3 is 1.62 bits per heavy atom. The molecule has 7 heteroatoms. The molecule has 34 heavy (non-hydrogen) atoms. The van der Waals surface area contributed by atoms with Crippen LogP contribution in [0.2, 0.25) is 0 Å². The second-order valence-electron chi connectivity index (χ2n) is 8.35. The van der Waals surface area contributed by atoms with Crippen LogP contribution in [-0.4, -0.2) is 16.2 Å². The average molecular weight is 578 g/mol. The van der Waals surface area contributed by atoms with Gasteiger partial charge in [0.15, 0.2) is 5.75 Å². The van der Waals surface area contributed by atoms with Crippen LogP contribution in [0.3, 0.4) is 0 Å². The largest absolute Gasteiger partial charge is 0.492 e. The Bertz CT molecular complexity index is 1530. The van der Waals surface area contributed by atoms with Crippen molar-refractivity contribution in [1.29, 1.82) is 10.5 Å². The number of benzene rings is 3. The Balaban J connectivity index is 1.94. The second-order valence-corrected chi connectivity index (χ2v) is 10.2. The smallest absolute Gasteiger partial charge is 0.167 e. The molecule has 170 valence electrons. The normalized spacial score (nSPS) is 11.4. The van der Waals surface area contributed by atoms with Crippen LogP contribution >= 0.6 is 31.9 Å².